The van der Waals surface area contributed by atoms with Crippen LogP contribution in [0.5, 0.6) is 0 Å². The van der Waals surface area contributed by atoms with Gasteiger partial charge in [-0.1, -0.05) is 13.8 Å². The van der Waals surface area contributed by atoms with Crippen LogP contribution < -0.4 is 10.6 Å². The van der Waals surface area contributed by atoms with E-state index in [0.29, 0.717) is 11.4 Å². The Hall–Kier alpha value is -2.45. The first-order valence-electron chi connectivity index (χ1n) is 6.52. The highest BCUT2D eigenvalue weighted by atomic mass is 16.2. The summed E-state index contributed by atoms with van der Waals surface area (Å²) in [5.41, 5.74) is 0. The second-order valence-corrected chi connectivity index (χ2v) is 4.89. The van der Waals surface area contributed by atoms with Gasteiger partial charge in [0.15, 0.2) is 0 Å². The smallest absolute Gasteiger partial charge is 0.334 e. The fraction of sp³-hybridized carbons (Fsp3) is 0.583. The molecule has 1 aliphatic rings. The maximum atomic E-state index is 11.9. The Bertz CT molecular complexity index is 488. The van der Waals surface area contributed by atoms with Crippen LogP contribution in [0.1, 0.15) is 20.8 Å². The predicted octanol–water partition coefficient (Wildman–Crippen LogP) is -0.721. The molecule has 0 radical (unpaired) electrons. The Morgan fingerprint density at radius 1 is 1.10 bits per heavy atom. The monoisotopic (exact) mass is 298 g/mol. The number of rotatable bonds is 5. The topological polar surface area (TPSA) is 116 Å². The van der Waals surface area contributed by atoms with Crippen molar-refractivity contribution in [3.8, 4) is 0 Å². The van der Waals surface area contributed by atoms with Gasteiger partial charge in [0.1, 0.15) is 6.54 Å². The molecule has 7 amide bonds. The molecule has 9 heteroatoms. The number of amides is 7. The summed E-state index contributed by atoms with van der Waals surface area (Å²) in [6, 6.07) is -1.57. The van der Waals surface area contributed by atoms with E-state index in [4.69, 9.17) is 0 Å². The fourth-order valence-electron chi connectivity index (χ4n) is 1.73. The summed E-state index contributed by atoms with van der Waals surface area (Å²) >= 11 is 0. The zero-order valence-electron chi connectivity index (χ0n) is 12.1. The van der Waals surface area contributed by atoms with E-state index >= 15 is 0 Å². The van der Waals surface area contributed by atoms with Gasteiger partial charge in [0.2, 0.25) is 5.91 Å². The minimum atomic E-state index is -1.06. The maximum absolute atomic E-state index is 11.9. The third kappa shape index (κ3) is 4.01. The Morgan fingerprint density at radius 3 is 2.19 bits per heavy atom. The third-order valence-electron chi connectivity index (χ3n) is 2.57. The van der Waals surface area contributed by atoms with Gasteiger partial charge in [-0.3, -0.25) is 24.6 Å². The first-order valence-corrected chi connectivity index (χ1v) is 6.52. The van der Waals surface area contributed by atoms with Crippen LogP contribution in [-0.4, -0.2) is 59.2 Å². The number of nitrogens with zero attached hydrogens (tertiary/aromatic N) is 2. The Kier molecular flexibility index (Phi) is 5.39. The lowest BCUT2D eigenvalue weighted by molar-refractivity contribution is -0.144. The SMILES string of the molecule is CCNC(=O)NC(=O)CN1C(=O)C(=O)N(CC(C)C)C1=O. The van der Waals surface area contributed by atoms with Gasteiger partial charge in [-0.25, -0.2) is 14.5 Å². The lowest BCUT2D eigenvalue weighted by atomic mass is 10.2. The van der Waals surface area contributed by atoms with Crippen LogP contribution in [0.4, 0.5) is 9.59 Å². The first-order chi connectivity index (χ1) is 9.77. The van der Waals surface area contributed by atoms with Gasteiger partial charge in [-0.15, -0.1) is 0 Å². The average Bonchev–Trinajstić information content (AvgIpc) is 2.56. The van der Waals surface area contributed by atoms with Gasteiger partial charge in [0.05, 0.1) is 0 Å². The molecule has 1 heterocycles. The summed E-state index contributed by atoms with van der Waals surface area (Å²) in [5, 5.41) is 4.29. The van der Waals surface area contributed by atoms with Gasteiger partial charge in [-0.05, 0) is 12.8 Å². The highest BCUT2D eigenvalue weighted by Gasteiger charge is 2.45. The summed E-state index contributed by atoms with van der Waals surface area (Å²) in [6.45, 7) is 4.99. The van der Waals surface area contributed by atoms with Crippen molar-refractivity contribution in [3.05, 3.63) is 0 Å². The molecule has 0 bridgehead atoms. The van der Waals surface area contributed by atoms with E-state index in [9.17, 15) is 24.0 Å². The van der Waals surface area contributed by atoms with Crippen molar-refractivity contribution in [1.82, 2.24) is 20.4 Å². The Balaban J connectivity index is 2.69. The molecule has 0 aromatic heterocycles. The number of urea groups is 2. The van der Waals surface area contributed by atoms with Crippen LogP contribution in [0.3, 0.4) is 0 Å². The number of nitrogens with one attached hydrogen (secondary N) is 2. The molecular formula is C12H18N4O5. The van der Waals surface area contributed by atoms with Crippen LogP contribution in [0.15, 0.2) is 0 Å². The number of hydrogen-bond donors (Lipinski definition) is 2. The molecule has 1 fully saturated rings. The van der Waals surface area contributed by atoms with Gasteiger partial charge in [0.25, 0.3) is 0 Å². The van der Waals surface area contributed by atoms with Crippen molar-refractivity contribution in [3.63, 3.8) is 0 Å². The van der Waals surface area contributed by atoms with Crippen LogP contribution >= 0.6 is 0 Å². The molecule has 1 aliphatic heterocycles. The van der Waals surface area contributed by atoms with Crippen molar-refractivity contribution in [1.29, 1.82) is 0 Å². The summed E-state index contributed by atoms with van der Waals surface area (Å²) in [4.78, 5) is 59.3. The van der Waals surface area contributed by atoms with E-state index in [2.05, 4.69) is 5.32 Å². The zero-order valence-corrected chi connectivity index (χ0v) is 12.1. The van der Waals surface area contributed by atoms with Crippen LogP contribution in [0, 0.1) is 5.92 Å². The minimum Gasteiger partial charge on any atom is -0.338 e. The van der Waals surface area contributed by atoms with Crippen LogP contribution in [0.25, 0.3) is 0 Å². The van der Waals surface area contributed by atoms with E-state index < -0.39 is 36.3 Å². The molecule has 9 nitrogen and oxygen atoms in total. The number of imide groups is 3. The predicted molar refractivity (Wildman–Crippen MR) is 70.9 cm³/mol. The second kappa shape index (κ2) is 6.82. The van der Waals surface area contributed by atoms with Gasteiger partial charge in [-0.2, -0.15) is 0 Å². The van der Waals surface area contributed by atoms with Gasteiger partial charge < -0.3 is 5.32 Å². The number of carbonyl (C=O) groups excluding carboxylic acids is 5. The lowest BCUT2D eigenvalue weighted by Crippen LogP contribution is -2.46. The first kappa shape index (κ1) is 16.6. The van der Waals surface area contributed by atoms with E-state index in [1.807, 2.05) is 5.32 Å². The molecule has 21 heavy (non-hydrogen) atoms. The molecule has 0 aromatic carbocycles. The van der Waals surface area contributed by atoms with E-state index in [1.54, 1.807) is 20.8 Å². The van der Waals surface area contributed by atoms with Crippen molar-refractivity contribution >= 4 is 29.8 Å². The summed E-state index contributed by atoms with van der Waals surface area (Å²) in [7, 11) is 0. The van der Waals surface area contributed by atoms with Gasteiger partial charge in [0, 0.05) is 13.1 Å². The molecule has 0 aromatic rings. The summed E-state index contributed by atoms with van der Waals surface area (Å²) in [6.07, 6.45) is 0. The molecule has 2 N–H and O–H groups in total. The lowest BCUT2D eigenvalue weighted by Gasteiger charge is -2.16. The highest BCUT2D eigenvalue weighted by molar-refractivity contribution is 6.45. The molecule has 116 valence electrons. The number of hydrogen-bond acceptors (Lipinski definition) is 5. The van der Waals surface area contributed by atoms with Crippen molar-refractivity contribution < 1.29 is 24.0 Å². The van der Waals surface area contributed by atoms with Gasteiger partial charge >= 0.3 is 23.9 Å². The molecular weight excluding hydrogens is 280 g/mol. The standard InChI is InChI=1S/C12H18N4O5/c1-4-13-11(20)14-8(17)6-16-10(19)9(18)15(12(16)21)5-7(2)3/h7H,4-6H2,1-3H3,(H2,13,14,17,20). The Morgan fingerprint density at radius 2 is 1.67 bits per heavy atom. The van der Waals surface area contributed by atoms with Crippen molar-refractivity contribution in [2.75, 3.05) is 19.6 Å². The fourth-order valence-corrected chi connectivity index (χ4v) is 1.73. The molecule has 0 saturated carbocycles. The molecule has 1 saturated heterocycles. The molecule has 1 rings (SSSR count). The van der Waals surface area contributed by atoms with E-state index in [-0.39, 0.29) is 12.5 Å². The molecule has 0 aliphatic carbocycles. The van der Waals surface area contributed by atoms with Crippen LogP contribution in [0.2, 0.25) is 0 Å². The highest BCUT2D eigenvalue weighted by Crippen LogP contribution is 2.13. The molecule has 0 unspecified atom stereocenters. The normalized spacial score (nSPS) is 15.0. The average molecular weight is 298 g/mol. The second-order valence-electron chi connectivity index (χ2n) is 4.89. The molecule has 0 spiro atoms. The third-order valence-corrected chi connectivity index (χ3v) is 2.57. The quantitative estimate of drug-likeness (QED) is 0.513. The Labute approximate surface area is 121 Å². The summed E-state index contributed by atoms with van der Waals surface area (Å²) < 4.78 is 0. The minimum absolute atomic E-state index is 0.00481. The molecule has 0 atom stereocenters. The zero-order chi connectivity index (χ0) is 16.2. The largest absolute Gasteiger partial charge is 0.338 e. The van der Waals surface area contributed by atoms with E-state index in [0.717, 1.165) is 4.90 Å². The number of carbonyl (C=O) groups is 5. The van der Waals surface area contributed by atoms with Crippen LogP contribution in [-0.2, 0) is 14.4 Å². The van der Waals surface area contributed by atoms with Crippen molar-refractivity contribution in [2.24, 2.45) is 5.92 Å². The summed E-state index contributed by atoms with van der Waals surface area (Å²) in [5.74, 6) is -2.87. The van der Waals surface area contributed by atoms with Crippen molar-refractivity contribution in [2.45, 2.75) is 20.8 Å². The van der Waals surface area contributed by atoms with E-state index in [1.165, 1.54) is 0 Å². The maximum Gasteiger partial charge on any atom is 0.334 e.